The maximum absolute atomic E-state index is 11.0. The number of rotatable bonds is 3. The monoisotopic (exact) mass is 266 g/mol. The molecule has 0 aliphatic carbocycles. The minimum atomic E-state index is 0.677. The number of benzene rings is 1. The van der Waals surface area contributed by atoms with Gasteiger partial charge < -0.3 is 9.14 Å². The second-order valence-corrected chi connectivity index (χ2v) is 4.65. The van der Waals surface area contributed by atoms with E-state index in [1.54, 1.807) is 13.3 Å². The summed E-state index contributed by atoms with van der Waals surface area (Å²) >= 11 is 0. The van der Waals surface area contributed by atoms with Crippen LogP contribution < -0.4 is 4.74 Å². The molecule has 3 aromatic rings. The second kappa shape index (κ2) is 4.81. The number of aldehydes is 1. The van der Waals surface area contributed by atoms with Crippen LogP contribution in [0.5, 0.6) is 5.75 Å². The van der Waals surface area contributed by atoms with E-state index >= 15 is 0 Å². The Morgan fingerprint density at radius 3 is 2.60 bits per heavy atom. The van der Waals surface area contributed by atoms with Gasteiger partial charge in [-0.2, -0.15) is 0 Å². The van der Waals surface area contributed by atoms with Gasteiger partial charge in [-0.25, -0.2) is 4.98 Å². The molecule has 0 atom stereocenters. The van der Waals surface area contributed by atoms with Crippen molar-refractivity contribution in [3.63, 3.8) is 0 Å². The van der Waals surface area contributed by atoms with Crippen molar-refractivity contribution in [1.29, 1.82) is 0 Å². The lowest BCUT2D eigenvalue weighted by molar-refractivity contribution is 0.112. The minimum absolute atomic E-state index is 0.677. The van der Waals surface area contributed by atoms with Crippen LogP contribution in [-0.4, -0.2) is 22.8 Å². The van der Waals surface area contributed by atoms with Crippen molar-refractivity contribution in [3.8, 4) is 17.0 Å². The quantitative estimate of drug-likeness (QED) is 0.684. The van der Waals surface area contributed by atoms with Crippen LogP contribution in [-0.2, 0) is 0 Å². The first-order chi connectivity index (χ1) is 9.71. The number of ether oxygens (including phenoxy) is 1. The number of imidazole rings is 1. The number of hydrogen-bond acceptors (Lipinski definition) is 3. The number of aromatic nitrogens is 2. The Kier molecular flexibility index (Phi) is 2.99. The molecule has 0 N–H and O–H groups in total. The van der Waals surface area contributed by atoms with Crippen LogP contribution in [0.1, 0.15) is 15.9 Å². The molecule has 0 spiro atoms. The zero-order chi connectivity index (χ0) is 14.1. The van der Waals surface area contributed by atoms with E-state index in [0.717, 1.165) is 34.5 Å². The molecule has 2 heterocycles. The summed E-state index contributed by atoms with van der Waals surface area (Å²) in [6.07, 6.45) is 4.59. The molecule has 2 aromatic heterocycles. The Morgan fingerprint density at radius 1 is 1.20 bits per heavy atom. The molecule has 0 amide bonds. The summed E-state index contributed by atoms with van der Waals surface area (Å²) in [7, 11) is 1.64. The first-order valence-corrected chi connectivity index (χ1v) is 6.30. The number of pyridine rings is 1. The topological polar surface area (TPSA) is 43.6 Å². The van der Waals surface area contributed by atoms with Gasteiger partial charge >= 0.3 is 0 Å². The summed E-state index contributed by atoms with van der Waals surface area (Å²) in [4.78, 5) is 15.6. The Hall–Kier alpha value is -2.62. The fourth-order valence-electron chi connectivity index (χ4n) is 2.17. The van der Waals surface area contributed by atoms with E-state index in [-0.39, 0.29) is 0 Å². The molecule has 20 heavy (non-hydrogen) atoms. The first-order valence-electron chi connectivity index (χ1n) is 6.30. The molecule has 4 heteroatoms. The molecule has 0 saturated carbocycles. The summed E-state index contributed by atoms with van der Waals surface area (Å²) in [6.45, 7) is 1.91. The predicted molar refractivity (Wildman–Crippen MR) is 77.3 cm³/mol. The van der Waals surface area contributed by atoms with Crippen molar-refractivity contribution in [2.24, 2.45) is 0 Å². The lowest BCUT2D eigenvalue weighted by atomic mass is 10.2. The molecule has 4 nitrogen and oxygen atoms in total. The molecule has 0 radical (unpaired) electrons. The third kappa shape index (κ3) is 2.05. The standard InChI is InChI=1S/C16H14N2O2/c1-11-7-16-17-15(9-18(16)8-13(11)10-19)12-3-5-14(20-2)6-4-12/h3-10H,1-2H3. The molecule has 0 aliphatic rings. The number of nitrogens with zero attached hydrogens (tertiary/aromatic N) is 2. The van der Waals surface area contributed by atoms with E-state index in [1.165, 1.54) is 0 Å². The third-order valence-corrected chi connectivity index (χ3v) is 3.35. The molecular weight excluding hydrogens is 252 g/mol. The zero-order valence-corrected chi connectivity index (χ0v) is 11.3. The smallest absolute Gasteiger partial charge is 0.151 e. The maximum Gasteiger partial charge on any atom is 0.151 e. The number of fused-ring (bicyclic) bond motifs is 1. The molecule has 0 bridgehead atoms. The summed E-state index contributed by atoms with van der Waals surface area (Å²) in [5.41, 5.74) is 4.32. The van der Waals surface area contributed by atoms with Crippen molar-refractivity contribution >= 4 is 11.9 Å². The van der Waals surface area contributed by atoms with Crippen molar-refractivity contribution in [2.75, 3.05) is 7.11 Å². The van der Waals surface area contributed by atoms with Gasteiger partial charge in [0.1, 0.15) is 11.4 Å². The fourth-order valence-corrected chi connectivity index (χ4v) is 2.17. The Morgan fingerprint density at radius 2 is 1.95 bits per heavy atom. The fraction of sp³-hybridized carbons (Fsp3) is 0.125. The zero-order valence-electron chi connectivity index (χ0n) is 11.3. The molecule has 0 fully saturated rings. The predicted octanol–water partition coefficient (Wildman–Crippen LogP) is 3.13. The van der Waals surface area contributed by atoms with Crippen molar-refractivity contribution < 1.29 is 9.53 Å². The number of methoxy groups -OCH3 is 1. The molecule has 0 aliphatic heterocycles. The average molecular weight is 266 g/mol. The highest BCUT2D eigenvalue weighted by Gasteiger charge is 2.07. The highest BCUT2D eigenvalue weighted by Crippen LogP contribution is 2.22. The van der Waals surface area contributed by atoms with Crippen LogP contribution in [0, 0.1) is 6.92 Å². The van der Waals surface area contributed by atoms with E-state index in [2.05, 4.69) is 4.98 Å². The first kappa shape index (κ1) is 12.4. The SMILES string of the molecule is COc1ccc(-c2cn3cc(C=O)c(C)cc3n2)cc1. The van der Waals surface area contributed by atoms with Crippen molar-refractivity contribution in [1.82, 2.24) is 9.38 Å². The number of hydrogen-bond donors (Lipinski definition) is 0. The van der Waals surface area contributed by atoms with Crippen LogP contribution in [0.25, 0.3) is 16.9 Å². The van der Waals surface area contributed by atoms with Crippen LogP contribution >= 0.6 is 0 Å². The largest absolute Gasteiger partial charge is 0.497 e. The Balaban J connectivity index is 2.09. The van der Waals surface area contributed by atoms with Crippen LogP contribution in [0.4, 0.5) is 0 Å². The average Bonchev–Trinajstić information content (AvgIpc) is 2.89. The summed E-state index contributed by atoms with van der Waals surface area (Å²) in [5, 5.41) is 0. The Bertz CT molecular complexity index is 773. The third-order valence-electron chi connectivity index (χ3n) is 3.35. The molecule has 0 unspecified atom stereocenters. The Labute approximate surface area is 116 Å². The van der Waals surface area contributed by atoms with Gasteiger partial charge in [-0.15, -0.1) is 0 Å². The molecule has 3 rings (SSSR count). The highest BCUT2D eigenvalue weighted by atomic mass is 16.5. The van der Waals surface area contributed by atoms with Crippen LogP contribution in [0.3, 0.4) is 0 Å². The highest BCUT2D eigenvalue weighted by molar-refractivity contribution is 5.78. The summed E-state index contributed by atoms with van der Waals surface area (Å²) in [5.74, 6) is 0.816. The molecule has 1 aromatic carbocycles. The number of carbonyl (C=O) groups excluding carboxylic acids is 1. The van der Waals surface area contributed by atoms with E-state index in [1.807, 2.05) is 47.9 Å². The van der Waals surface area contributed by atoms with E-state index < -0.39 is 0 Å². The van der Waals surface area contributed by atoms with Gasteiger partial charge in [0.15, 0.2) is 6.29 Å². The van der Waals surface area contributed by atoms with Gasteiger partial charge in [0.2, 0.25) is 0 Å². The number of aryl methyl sites for hydroxylation is 1. The van der Waals surface area contributed by atoms with Gasteiger partial charge in [-0.3, -0.25) is 4.79 Å². The summed E-state index contributed by atoms with van der Waals surface area (Å²) < 4.78 is 7.02. The van der Waals surface area contributed by atoms with Gasteiger partial charge in [0.05, 0.1) is 12.8 Å². The van der Waals surface area contributed by atoms with Gasteiger partial charge in [0, 0.05) is 23.5 Å². The normalized spacial score (nSPS) is 10.7. The van der Waals surface area contributed by atoms with Gasteiger partial charge in [0.25, 0.3) is 0 Å². The molecular formula is C16H14N2O2. The second-order valence-electron chi connectivity index (χ2n) is 4.65. The maximum atomic E-state index is 11.0. The number of carbonyl (C=O) groups is 1. The van der Waals surface area contributed by atoms with Crippen LogP contribution in [0.15, 0.2) is 42.7 Å². The van der Waals surface area contributed by atoms with Crippen molar-refractivity contribution in [2.45, 2.75) is 6.92 Å². The molecule has 0 saturated heterocycles. The minimum Gasteiger partial charge on any atom is -0.497 e. The van der Waals surface area contributed by atoms with E-state index in [0.29, 0.717) is 5.56 Å². The lowest BCUT2D eigenvalue weighted by Crippen LogP contribution is -1.91. The van der Waals surface area contributed by atoms with Gasteiger partial charge in [-0.1, -0.05) is 0 Å². The van der Waals surface area contributed by atoms with Crippen molar-refractivity contribution in [3.05, 3.63) is 53.9 Å². The van der Waals surface area contributed by atoms with E-state index in [4.69, 9.17) is 4.74 Å². The molecule has 100 valence electrons. The summed E-state index contributed by atoms with van der Waals surface area (Å²) in [6, 6.07) is 9.65. The van der Waals surface area contributed by atoms with Gasteiger partial charge in [-0.05, 0) is 42.8 Å². The van der Waals surface area contributed by atoms with Crippen LogP contribution in [0.2, 0.25) is 0 Å². The van der Waals surface area contributed by atoms with E-state index in [9.17, 15) is 4.79 Å². The lowest BCUT2D eigenvalue weighted by Gasteiger charge is -1.99.